The minimum atomic E-state index is -0.102. The second-order valence-electron chi connectivity index (χ2n) is 6.96. The third-order valence-corrected chi connectivity index (χ3v) is 4.20. The van der Waals surface area contributed by atoms with Gasteiger partial charge in [-0.1, -0.05) is 74.1 Å². The van der Waals surface area contributed by atoms with E-state index in [2.05, 4.69) is 79.3 Å². The van der Waals surface area contributed by atoms with Crippen LogP contribution < -0.4 is 0 Å². The van der Waals surface area contributed by atoms with E-state index in [4.69, 9.17) is 5.11 Å². The summed E-state index contributed by atoms with van der Waals surface area (Å²) < 4.78 is 4.61. The number of aromatic hydroxyl groups is 1. The number of phenolic OH excluding ortho intramolecular Hbond substituents is 1. The monoisotopic (exact) mass is 645 g/mol. The van der Waals surface area contributed by atoms with Gasteiger partial charge in [-0.05, 0) is 35.8 Å². The maximum absolute atomic E-state index is 10.9. The average Bonchev–Trinajstić information content (AvgIpc) is 2.57. The van der Waals surface area contributed by atoms with Crippen LogP contribution in [0.3, 0.4) is 0 Å². The Morgan fingerprint density at radius 2 is 1.48 bits per heavy atom. The zero-order chi connectivity index (χ0) is 21.2. The van der Waals surface area contributed by atoms with Crippen LogP contribution in [0.25, 0.3) is 0 Å². The number of esters is 1. The molecule has 0 bridgehead atoms. The van der Waals surface area contributed by atoms with Crippen LogP contribution in [0.2, 0.25) is 0 Å². The number of rotatable bonds is 4. The molecule has 0 amide bonds. The zero-order valence-corrected chi connectivity index (χ0v) is 23.2. The fraction of sp³-hybridized carbons (Fsp3) is 0.667. The average molecular weight is 645 g/mol. The SMILES string of the molecule is C.CC.COC(=O)CCCC(C)(C)C(C)(C)C.Oc1ccccc1.[I][V][I]. The molecule has 0 aliphatic carbocycles. The van der Waals surface area contributed by atoms with E-state index >= 15 is 0 Å². The molecule has 1 N–H and O–H groups in total. The first-order valence-corrected chi connectivity index (χ1v) is 17.8. The van der Waals surface area contributed by atoms with Crippen LogP contribution in [0.15, 0.2) is 30.3 Å². The van der Waals surface area contributed by atoms with Crippen LogP contribution in [-0.4, -0.2) is 18.2 Å². The number of carbonyl (C=O) groups is 1. The first-order chi connectivity index (χ1) is 12.0. The number of benzene rings is 1. The Kier molecular flexibility index (Phi) is 27.5. The van der Waals surface area contributed by atoms with Crippen molar-refractivity contribution >= 4 is 45.9 Å². The Bertz CT molecular complexity index is 433. The molecule has 0 saturated carbocycles. The van der Waals surface area contributed by atoms with Gasteiger partial charge < -0.3 is 9.84 Å². The zero-order valence-electron chi connectivity index (χ0n) is 17.5. The number of carbonyl (C=O) groups excluding carboxylic acids is 1. The number of para-hydroxylation sites is 1. The van der Waals surface area contributed by atoms with Crippen LogP contribution in [0.5, 0.6) is 5.75 Å². The van der Waals surface area contributed by atoms with Crippen molar-refractivity contribution in [1.82, 2.24) is 0 Å². The van der Waals surface area contributed by atoms with E-state index in [0.29, 0.717) is 21.6 Å². The van der Waals surface area contributed by atoms with Crippen LogP contribution in [0.4, 0.5) is 0 Å². The molecule has 161 valence electrons. The van der Waals surface area contributed by atoms with E-state index in [1.807, 2.05) is 19.9 Å². The summed E-state index contributed by atoms with van der Waals surface area (Å²) in [5.41, 5.74) is 0.546. The van der Waals surface area contributed by atoms with Gasteiger partial charge in [0.1, 0.15) is 5.75 Å². The van der Waals surface area contributed by atoms with Gasteiger partial charge in [-0.25, -0.2) is 0 Å². The molecule has 0 spiro atoms. The summed E-state index contributed by atoms with van der Waals surface area (Å²) in [6.07, 6.45) is 2.51. The van der Waals surface area contributed by atoms with Gasteiger partial charge in [0.15, 0.2) is 0 Å². The van der Waals surface area contributed by atoms with Crippen molar-refractivity contribution in [3.63, 3.8) is 0 Å². The summed E-state index contributed by atoms with van der Waals surface area (Å²) in [5, 5.41) is 8.63. The second-order valence-corrected chi connectivity index (χ2v) is 18.8. The molecule has 27 heavy (non-hydrogen) atoms. The molecule has 3 nitrogen and oxygen atoms in total. The minimum absolute atomic E-state index is 0. The van der Waals surface area contributed by atoms with Gasteiger partial charge in [0.25, 0.3) is 0 Å². The van der Waals surface area contributed by atoms with Gasteiger partial charge in [0.2, 0.25) is 0 Å². The van der Waals surface area contributed by atoms with E-state index in [0.717, 1.165) is 12.8 Å². The molecular weight excluding hydrogens is 605 g/mol. The predicted molar refractivity (Wildman–Crippen MR) is 133 cm³/mol. The van der Waals surface area contributed by atoms with Crippen LogP contribution in [0.1, 0.15) is 75.2 Å². The van der Waals surface area contributed by atoms with Crippen molar-refractivity contribution in [3.8, 4) is 5.75 Å². The molecular formula is C21H40I2O3V. The second kappa shape index (κ2) is 21.2. The standard InChI is InChI=1S/C12H24O2.C6H6O.C2H6.CH4.2HI.V/c1-11(2,3)12(4,5)9-7-8-10(13)14-6;7-6-4-2-1-3-5-6;1-2;;;;/h7-9H2,1-6H3;1-5,7H;1-2H3;1H4;2*1H;/q;;;;;;+2/p-2. The Morgan fingerprint density at radius 3 is 1.74 bits per heavy atom. The predicted octanol–water partition coefficient (Wildman–Crippen LogP) is 8.23. The van der Waals surface area contributed by atoms with E-state index in [1.54, 1.807) is 24.3 Å². The summed E-state index contributed by atoms with van der Waals surface area (Å²) in [6, 6.07) is 8.71. The molecule has 6 heteroatoms. The Balaban J connectivity index is -0.000000169. The summed E-state index contributed by atoms with van der Waals surface area (Å²) in [7, 11) is 2.07. The number of hydrogen-bond acceptors (Lipinski definition) is 3. The summed E-state index contributed by atoms with van der Waals surface area (Å²) >= 11 is 4.74. The molecule has 0 heterocycles. The van der Waals surface area contributed by atoms with Crippen molar-refractivity contribution in [2.75, 3.05) is 7.11 Å². The third kappa shape index (κ3) is 22.7. The molecule has 0 aliphatic rings. The third-order valence-electron chi connectivity index (χ3n) is 4.20. The van der Waals surface area contributed by atoms with Crippen molar-refractivity contribution in [1.29, 1.82) is 0 Å². The number of phenols is 1. The topological polar surface area (TPSA) is 46.5 Å². The molecule has 0 fully saturated rings. The van der Waals surface area contributed by atoms with Gasteiger partial charge in [0, 0.05) is 6.42 Å². The number of methoxy groups -OCH3 is 1. The van der Waals surface area contributed by atoms with Crippen molar-refractivity contribution in [2.45, 2.75) is 75.2 Å². The molecule has 0 unspecified atom stereocenters. The van der Waals surface area contributed by atoms with Gasteiger partial charge in [-0.2, -0.15) is 0 Å². The Hall–Kier alpha value is 0.534. The number of halogens is 2. The molecule has 1 aromatic carbocycles. The number of hydrogen-bond donors (Lipinski definition) is 1. The molecule has 1 aromatic rings. The molecule has 0 aliphatic heterocycles. The summed E-state index contributed by atoms with van der Waals surface area (Å²) in [4.78, 5) is 10.9. The molecule has 0 saturated heterocycles. The fourth-order valence-electron chi connectivity index (χ4n) is 1.58. The quantitative estimate of drug-likeness (QED) is 0.265. The van der Waals surface area contributed by atoms with Gasteiger partial charge in [0.05, 0.1) is 7.11 Å². The van der Waals surface area contributed by atoms with Crippen molar-refractivity contribution in [3.05, 3.63) is 30.3 Å². The summed E-state index contributed by atoms with van der Waals surface area (Å²) in [6.45, 7) is 15.2. The molecule has 0 aromatic heterocycles. The molecule has 0 radical (unpaired) electrons. The normalized spacial score (nSPS) is 9.56. The number of ether oxygens (including phenoxy) is 1. The fourth-order valence-corrected chi connectivity index (χ4v) is 1.58. The first-order valence-electron chi connectivity index (χ1n) is 8.75. The van der Waals surface area contributed by atoms with Gasteiger partial charge >= 0.3 is 55.4 Å². The maximum atomic E-state index is 10.9. The molecule has 1 rings (SSSR count). The van der Waals surface area contributed by atoms with Crippen LogP contribution in [-0.2, 0) is 19.0 Å². The van der Waals surface area contributed by atoms with Crippen LogP contribution >= 0.6 is 40.0 Å². The van der Waals surface area contributed by atoms with Gasteiger partial charge in [-0.15, -0.1) is 0 Å². The van der Waals surface area contributed by atoms with E-state index < -0.39 is 0 Å². The van der Waals surface area contributed by atoms with Crippen molar-refractivity contribution < 1.29 is 24.1 Å². The van der Waals surface area contributed by atoms with E-state index in [-0.39, 0.29) is 24.2 Å². The Morgan fingerprint density at radius 1 is 1.07 bits per heavy atom. The van der Waals surface area contributed by atoms with E-state index in [1.165, 1.54) is 7.11 Å². The van der Waals surface area contributed by atoms with Crippen molar-refractivity contribution in [2.24, 2.45) is 10.8 Å². The van der Waals surface area contributed by atoms with Gasteiger partial charge in [-0.3, -0.25) is 4.79 Å². The first kappa shape index (κ1) is 35.0. The molecule has 0 atom stereocenters. The Labute approximate surface area is 197 Å². The summed E-state index contributed by atoms with van der Waals surface area (Å²) in [5.74, 6) is 0.220. The van der Waals surface area contributed by atoms with E-state index in [9.17, 15) is 4.79 Å². The van der Waals surface area contributed by atoms with Crippen LogP contribution in [0, 0.1) is 10.8 Å².